The quantitative estimate of drug-likeness (QED) is 0.907. The molecule has 6 heteroatoms. The number of aryl methyl sites for hydroxylation is 1. The Hall–Kier alpha value is -1.40. The zero-order valence-electron chi connectivity index (χ0n) is 11.6. The SMILES string of the molecule is CCCc1nc2ccc(Br)cn2c1C(=O)N(C)CCO. The van der Waals surface area contributed by atoms with E-state index in [0.717, 1.165) is 28.7 Å². The molecule has 2 rings (SSSR count). The average molecular weight is 340 g/mol. The van der Waals surface area contributed by atoms with Crippen molar-refractivity contribution in [1.29, 1.82) is 0 Å². The zero-order chi connectivity index (χ0) is 14.7. The highest BCUT2D eigenvalue weighted by Crippen LogP contribution is 2.19. The van der Waals surface area contributed by atoms with Gasteiger partial charge in [-0.15, -0.1) is 0 Å². The molecule has 2 aromatic rings. The van der Waals surface area contributed by atoms with Gasteiger partial charge < -0.3 is 10.0 Å². The first kappa shape index (κ1) is 15.0. The fourth-order valence-corrected chi connectivity index (χ4v) is 2.47. The summed E-state index contributed by atoms with van der Waals surface area (Å²) in [4.78, 5) is 18.6. The normalized spacial score (nSPS) is 11.0. The van der Waals surface area contributed by atoms with Crippen molar-refractivity contribution in [3.05, 3.63) is 34.2 Å². The van der Waals surface area contributed by atoms with E-state index in [2.05, 4.69) is 27.8 Å². The van der Waals surface area contributed by atoms with Crippen LogP contribution in [-0.2, 0) is 6.42 Å². The van der Waals surface area contributed by atoms with Gasteiger partial charge in [0.2, 0.25) is 0 Å². The summed E-state index contributed by atoms with van der Waals surface area (Å²) < 4.78 is 2.70. The van der Waals surface area contributed by atoms with Crippen LogP contribution in [0.15, 0.2) is 22.8 Å². The van der Waals surface area contributed by atoms with E-state index in [0.29, 0.717) is 12.2 Å². The molecule has 0 atom stereocenters. The van der Waals surface area contributed by atoms with Crippen molar-refractivity contribution >= 4 is 27.5 Å². The molecule has 0 aliphatic heterocycles. The van der Waals surface area contributed by atoms with Gasteiger partial charge in [0.1, 0.15) is 11.3 Å². The van der Waals surface area contributed by atoms with Gasteiger partial charge in [0.15, 0.2) is 0 Å². The Morgan fingerprint density at radius 1 is 1.50 bits per heavy atom. The molecule has 5 nitrogen and oxygen atoms in total. The summed E-state index contributed by atoms with van der Waals surface area (Å²) >= 11 is 3.42. The topological polar surface area (TPSA) is 57.8 Å². The Kier molecular flexibility index (Phi) is 4.77. The largest absolute Gasteiger partial charge is 0.395 e. The van der Waals surface area contributed by atoms with Crippen molar-refractivity contribution in [2.75, 3.05) is 20.2 Å². The highest BCUT2D eigenvalue weighted by molar-refractivity contribution is 9.10. The number of nitrogens with zero attached hydrogens (tertiary/aromatic N) is 3. The maximum Gasteiger partial charge on any atom is 0.272 e. The number of hydrogen-bond donors (Lipinski definition) is 1. The molecule has 2 heterocycles. The van der Waals surface area contributed by atoms with Crippen LogP contribution in [0.25, 0.3) is 5.65 Å². The molecule has 0 aliphatic carbocycles. The molecule has 0 fully saturated rings. The number of pyridine rings is 1. The molecule has 0 aromatic carbocycles. The molecule has 0 radical (unpaired) electrons. The number of imidazole rings is 1. The lowest BCUT2D eigenvalue weighted by Crippen LogP contribution is -2.31. The van der Waals surface area contributed by atoms with Crippen LogP contribution < -0.4 is 0 Å². The molecule has 2 aromatic heterocycles. The highest BCUT2D eigenvalue weighted by atomic mass is 79.9. The van der Waals surface area contributed by atoms with Gasteiger partial charge in [-0.05, 0) is 34.5 Å². The first-order valence-electron chi connectivity index (χ1n) is 6.61. The Bertz CT molecular complexity index is 624. The Labute approximate surface area is 126 Å². The maximum atomic E-state index is 12.6. The number of halogens is 1. The van der Waals surface area contributed by atoms with Crippen molar-refractivity contribution < 1.29 is 9.90 Å². The number of hydrogen-bond acceptors (Lipinski definition) is 3. The third kappa shape index (κ3) is 2.86. The van der Waals surface area contributed by atoms with Crippen molar-refractivity contribution in [1.82, 2.24) is 14.3 Å². The number of likely N-dealkylation sites (N-methyl/N-ethyl adjacent to an activating group) is 1. The lowest BCUT2D eigenvalue weighted by molar-refractivity contribution is 0.0759. The van der Waals surface area contributed by atoms with Crippen LogP contribution >= 0.6 is 15.9 Å². The van der Waals surface area contributed by atoms with Crippen LogP contribution in [0.5, 0.6) is 0 Å². The van der Waals surface area contributed by atoms with E-state index in [1.165, 1.54) is 4.90 Å². The van der Waals surface area contributed by atoms with Crippen LogP contribution in [0.4, 0.5) is 0 Å². The molecule has 1 N–H and O–H groups in total. The van der Waals surface area contributed by atoms with E-state index in [-0.39, 0.29) is 12.5 Å². The minimum Gasteiger partial charge on any atom is -0.395 e. The first-order valence-corrected chi connectivity index (χ1v) is 7.40. The monoisotopic (exact) mass is 339 g/mol. The maximum absolute atomic E-state index is 12.6. The minimum atomic E-state index is -0.117. The van der Waals surface area contributed by atoms with E-state index in [1.54, 1.807) is 7.05 Å². The predicted octanol–water partition coefficient (Wildman–Crippen LogP) is 2.11. The number of carbonyl (C=O) groups excluding carboxylic acids is 1. The second-order valence-electron chi connectivity index (χ2n) is 4.68. The van der Waals surface area contributed by atoms with Gasteiger partial charge in [0, 0.05) is 24.3 Å². The van der Waals surface area contributed by atoms with Gasteiger partial charge in [0.25, 0.3) is 5.91 Å². The minimum absolute atomic E-state index is 0.0498. The van der Waals surface area contributed by atoms with E-state index < -0.39 is 0 Å². The molecule has 0 saturated carbocycles. The lowest BCUT2D eigenvalue weighted by Gasteiger charge is -2.16. The number of rotatable bonds is 5. The van der Waals surface area contributed by atoms with Crippen molar-refractivity contribution in [3.63, 3.8) is 0 Å². The van der Waals surface area contributed by atoms with Crippen LogP contribution in [0.1, 0.15) is 29.5 Å². The van der Waals surface area contributed by atoms with Gasteiger partial charge in [0.05, 0.1) is 12.3 Å². The second-order valence-corrected chi connectivity index (χ2v) is 5.60. The molecular formula is C14H18BrN3O2. The summed E-state index contributed by atoms with van der Waals surface area (Å²) in [5.41, 5.74) is 2.15. The summed E-state index contributed by atoms with van der Waals surface area (Å²) in [7, 11) is 1.69. The first-order chi connectivity index (χ1) is 9.58. The smallest absolute Gasteiger partial charge is 0.272 e. The van der Waals surface area contributed by atoms with Crippen molar-refractivity contribution in [3.8, 4) is 0 Å². The standard InChI is InChI=1S/C14H18BrN3O2/c1-3-4-11-13(14(20)17(2)7-8-19)18-9-10(15)5-6-12(18)16-11/h5-6,9,19H,3-4,7-8H2,1-2H3. The Morgan fingerprint density at radius 2 is 2.25 bits per heavy atom. The molecule has 0 spiro atoms. The number of aliphatic hydroxyl groups is 1. The molecule has 0 aliphatic rings. The van der Waals surface area contributed by atoms with E-state index in [9.17, 15) is 4.79 Å². The van der Waals surface area contributed by atoms with Crippen LogP contribution in [0, 0.1) is 0 Å². The number of aliphatic hydroxyl groups excluding tert-OH is 1. The third-order valence-corrected chi connectivity index (χ3v) is 3.60. The van der Waals surface area contributed by atoms with E-state index in [4.69, 9.17) is 5.11 Å². The number of carbonyl (C=O) groups is 1. The highest BCUT2D eigenvalue weighted by Gasteiger charge is 2.21. The van der Waals surface area contributed by atoms with E-state index in [1.807, 2.05) is 22.7 Å². The molecule has 20 heavy (non-hydrogen) atoms. The van der Waals surface area contributed by atoms with Gasteiger partial charge in [-0.1, -0.05) is 13.3 Å². The summed E-state index contributed by atoms with van der Waals surface area (Å²) in [5, 5.41) is 8.99. The average Bonchev–Trinajstić information content (AvgIpc) is 2.76. The summed E-state index contributed by atoms with van der Waals surface area (Å²) in [6, 6.07) is 3.79. The molecule has 0 bridgehead atoms. The van der Waals surface area contributed by atoms with Gasteiger partial charge in [-0.25, -0.2) is 4.98 Å². The summed E-state index contributed by atoms with van der Waals surface area (Å²) in [6.45, 7) is 2.32. The lowest BCUT2D eigenvalue weighted by atomic mass is 10.2. The van der Waals surface area contributed by atoms with Crippen LogP contribution in [0.2, 0.25) is 0 Å². The van der Waals surface area contributed by atoms with Gasteiger partial charge >= 0.3 is 0 Å². The Balaban J connectivity index is 2.55. The summed E-state index contributed by atoms with van der Waals surface area (Å²) in [5.74, 6) is -0.117. The Morgan fingerprint density at radius 3 is 2.90 bits per heavy atom. The van der Waals surface area contributed by atoms with Gasteiger partial charge in [-0.2, -0.15) is 0 Å². The van der Waals surface area contributed by atoms with Crippen molar-refractivity contribution in [2.45, 2.75) is 19.8 Å². The molecule has 108 valence electrons. The van der Waals surface area contributed by atoms with Crippen molar-refractivity contribution in [2.24, 2.45) is 0 Å². The second kappa shape index (κ2) is 6.37. The fraction of sp³-hybridized carbons (Fsp3) is 0.429. The van der Waals surface area contributed by atoms with Crippen LogP contribution in [0.3, 0.4) is 0 Å². The van der Waals surface area contributed by atoms with Crippen LogP contribution in [-0.4, -0.2) is 45.5 Å². The number of aromatic nitrogens is 2. The molecule has 0 saturated heterocycles. The third-order valence-electron chi connectivity index (χ3n) is 3.13. The molecule has 1 amide bonds. The molecule has 0 unspecified atom stereocenters. The zero-order valence-corrected chi connectivity index (χ0v) is 13.2. The fourth-order valence-electron chi connectivity index (χ4n) is 2.14. The van der Waals surface area contributed by atoms with Gasteiger partial charge in [-0.3, -0.25) is 9.20 Å². The number of amides is 1. The summed E-state index contributed by atoms with van der Waals surface area (Å²) in [6.07, 6.45) is 3.53. The molecular weight excluding hydrogens is 322 g/mol. The van der Waals surface area contributed by atoms with E-state index >= 15 is 0 Å². The number of fused-ring (bicyclic) bond motifs is 1. The predicted molar refractivity (Wildman–Crippen MR) is 80.9 cm³/mol.